The molecule has 0 aliphatic heterocycles. The minimum absolute atomic E-state index is 0.0461. The molecule has 2 aromatic heterocycles. The Morgan fingerprint density at radius 3 is 2.75 bits per heavy atom. The van der Waals surface area contributed by atoms with Crippen LogP contribution in [0, 0.1) is 6.92 Å². The van der Waals surface area contributed by atoms with Crippen molar-refractivity contribution in [2.45, 2.75) is 51.7 Å². The fourth-order valence-electron chi connectivity index (χ4n) is 4.87. The Bertz CT molecular complexity index is 1570. The number of aromatic amines is 1. The third-order valence-corrected chi connectivity index (χ3v) is 6.79. The number of benzene rings is 2. The number of fused-ring (bicyclic) bond motifs is 4. The second-order valence-electron chi connectivity index (χ2n) is 9.15. The molecule has 0 radical (unpaired) electrons. The number of aliphatic carboxylic acids is 1. The van der Waals surface area contributed by atoms with Crippen molar-refractivity contribution < 1.29 is 29.0 Å². The van der Waals surface area contributed by atoms with E-state index in [1.807, 2.05) is 6.07 Å². The number of carboxylic acid groups (broad SMARTS) is 1. The van der Waals surface area contributed by atoms with Gasteiger partial charge in [-0.1, -0.05) is 0 Å². The Morgan fingerprint density at radius 1 is 1.19 bits per heavy atom. The molecule has 3 N–H and O–H groups in total. The molecule has 2 aromatic carbocycles. The number of phenols is 1. The van der Waals surface area contributed by atoms with Crippen LogP contribution in [-0.2, 0) is 28.9 Å². The van der Waals surface area contributed by atoms with Crippen LogP contribution in [-0.4, -0.2) is 34.1 Å². The van der Waals surface area contributed by atoms with Crippen LogP contribution in [0.5, 0.6) is 11.5 Å². The van der Waals surface area contributed by atoms with Gasteiger partial charge in [0.15, 0.2) is 6.10 Å². The Morgan fingerprint density at radius 2 is 1.97 bits per heavy atom. The van der Waals surface area contributed by atoms with Gasteiger partial charge < -0.3 is 34.5 Å². The molecule has 36 heavy (non-hydrogen) atoms. The summed E-state index contributed by atoms with van der Waals surface area (Å²) in [4.78, 5) is 40.0. The summed E-state index contributed by atoms with van der Waals surface area (Å²) in [6.45, 7) is 3.26. The third-order valence-electron chi connectivity index (χ3n) is 6.79. The Hall–Kier alpha value is -4.27. The molecule has 9 nitrogen and oxygen atoms in total. The predicted molar refractivity (Wildman–Crippen MR) is 130 cm³/mol. The molecule has 9 heteroatoms. The van der Waals surface area contributed by atoms with Gasteiger partial charge in [-0.2, -0.15) is 0 Å². The topological polar surface area (TPSA) is 145 Å². The highest BCUT2D eigenvalue weighted by atomic mass is 16.5. The number of carboxylic acids is 1. The van der Waals surface area contributed by atoms with E-state index in [0.29, 0.717) is 34.3 Å². The molecular formula is C27H25N2O7-. The number of hydrogen-bond acceptors (Lipinski definition) is 7. The van der Waals surface area contributed by atoms with E-state index in [1.165, 1.54) is 19.1 Å². The normalized spacial score (nSPS) is 14.5. The van der Waals surface area contributed by atoms with Crippen LogP contribution in [0.15, 0.2) is 45.7 Å². The van der Waals surface area contributed by atoms with E-state index in [-0.39, 0.29) is 17.8 Å². The first-order valence-electron chi connectivity index (χ1n) is 11.8. The second-order valence-corrected chi connectivity index (χ2v) is 9.15. The SMILES string of the molecule is Cc1c(O[C@@H](C)C(=O)N[C@H](Cc2c[nH]c3ccc(O)cc23)C(=O)[O-])ccc2c3c(c(=O)oc12)CCC3. The van der Waals surface area contributed by atoms with Crippen LogP contribution in [0.2, 0.25) is 0 Å². The molecule has 5 rings (SSSR count). The Balaban J connectivity index is 1.33. The van der Waals surface area contributed by atoms with Gasteiger partial charge >= 0.3 is 5.63 Å². The first-order valence-corrected chi connectivity index (χ1v) is 11.8. The molecule has 4 aromatic rings. The van der Waals surface area contributed by atoms with Gasteiger partial charge in [0.2, 0.25) is 0 Å². The molecule has 0 fully saturated rings. The van der Waals surface area contributed by atoms with Gasteiger partial charge in [-0.25, -0.2) is 4.79 Å². The number of aromatic hydroxyl groups is 1. The molecule has 0 unspecified atom stereocenters. The van der Waals surface area contributed by atoms with Gasteiger partial charge in [0.1, 0.15) is 17.1 Å². The van der Waals surface area contributed by atoms with Crippen molar-refractivity contribution in [3.8, 4) is 11.5 Å². The number of H-pyrrole nitrogens is 1. The summed E-state index contributed by atoms with van der Waals surface area (Å²) in [5.41, 5.74) is 3.74. The number of phenolic OH excluding ortho intramolecular Hbond substituents is 1. The predicted octanol–water partition coefficient (Wildman–Crippen LogP) is 2.02. The number of ether oxygens (including phenoxy) is 1. The average Bonchev–Trinajstić information content (AvgIpc) is 3.49. The van der Waals surface area contributed by atoms with Crippen molar-refractivity contribution >= 4 is 33.7 Å². The summed E-state index contributed by atoms with van der Waals surface area (Å²) in [6.07, 6.45) is 2.99. The van der Waals surface area contributed by atoms with E-state index < -0.39 is 24.0 Å². The van der Waals surface area contributed by atoms with Gasteiger partial charge in [0.05, 0.1) is 12.0 Å². The monoisotopic (exact) mass is 489 g/mol. The van der Waals surface area contributed by atoms with Crippen LogP contribution in [0.1, 0.15) is 35.6 Å². The molecule has 1 aliphatic rings. The van der Waals surface area contributed by atoms with Crippen LogP contribution < -0.4 is 20.8 Å². The molecule has 0 spiro atoms. The van der Waals surface area contributed by atoms with E-state index in [2.05, 4.69) is 10.3 Å². The fraction of sp³-hybridized carbons (Fsp3) is 0.296. The van der Waals surface area contributed by atoms with E-state index in [1.54, 1.807) is 25.3 Å². The lowest BCUT2D eigenvalue weighted by molar-refractivity contribution is -0.308. The summed E-state index contributed by atoms with van der Waals surface area (Å²) >= 11 is 0. The molecule has 0 saturated heterocycles. The highest BCUT2D eigenvalue weighted by molar-refractivity contribution is 5.89. The van der Waals surface area contributed by atoms with Crippen LogP contribution >= 0.6 is 0 Å². The zero-order valence-corrected chi connectivity index (χ0v) is 19.8. The fourth-order valence-corrected chi connectivity index (χ4v) is 4.87. The van der Waals surface area contributed by atoms with E-state index in [0.717, 1.165) is 34.9 Å². The van der Waals surface area contributed by atoms with Gasteiger partial charge in [-0.05, 0) is 74.6 Å². The smallest absolute Gasteiger partial charge is 0.339 e. The van der Waals surface area contributed by atoms with Crippen LogP contribution in [0.3, 0.4) is 0 Å². The van der Waals surface area contributed by atoms with E-state index in [9.17, 15) is 24.6 Å². The minimum Gasteiger partial charge on any atom is -0.548 e. The van der Waals surface area contributed by atoms with Crippen molar-refractivity contribution in [2.24, 2.45) is 0 Å². The maximum absolute atomic E-state index is 12.8. The maximum Gasteiger partial charge on any atom is 0.339 e. The zero-order chi connectivity index (χ0) is 25.6. The van der Waals surface area contributed by atoms with E-state index >= 15 is 0 Å². The van der Waals surface area contributed by atoms with Crippen molar-refractivity contribution in [1.82, 2.24) is 10.3 Å². The van der Waals surface area contributed by atoms with Crippen LogP contribution in [0.25, 0.3) is 21.9 Å². The number of carbonyl (C=O) groups excluding carboxylic acids is 2. The molecule has 0 bridgehead atoms. The number of aromatic nitrogens is 1. The highest BCUT2D eigenvalue weighted by Crippen LogP contribution is 2.33. The lowest BCUT2D eigenvalue weighted by atomic mass is 10.0. The second kappa shape index (κ2) is 9.07. The first kappa shape index (κ1) is 23.5. The van der Waals surface area contributed by atoms with Crippen LogP contribution in [0.4, 0.5) is 0 Å². The summed E-state index contributed by atoms with van der Waals surface area (Å²) in [5.74, 6) is -1.67. The number of nitrogens with one attached hydrogen (secondary N) is 2. The molecule has 2 heterocycles. The van der Waals surface area contributed by atoms with Gasteiger partial charge in [0.25, 0.3) is 5.91 Å². The number of carbonyl (C=O) groups is 2. The molecule has 2 atom stereocenters. The third kappa shape index (κ3) is 4.17. The summed E-state index contributed by atoms with van der Waals surface area (Å²) < 4.78 is 11.4. The number of rotatable bonds is 7. The Kier molecular flexibility index (Phi) is 5.91. The van der Waals surface area contributed by atoms with Crippen molar-refractivity contribution in [1.29, 1.82) is 0 Å². The average molecular weight is 490 g/mol. The zero-order valence-electron chi connectivity index (χ0n) is 19.8. The molecule has 1 amide bonds. The highest BCUT2D eigenvalue weighted by Gasteiger charge is 2.24. The molecular weight excluding hydrogens is 464 g/mol. The van der Waals surface area contributed by atoms with Crippen molar-refractivity contribution in [3.05, 3.63) is 69.2 Å². The summed E-state index contributed by atoms with van der Waals surface area (Å²) in [7, 11) is 0. The lowest BCUT2D eigenvalue weighted by Crippen LogP contribution is -2.52. The van der Waals surface area contributed by atoms with Gasteiger partial charge in [-0.3, -0.25) is 4.79 Å². The minimum atomic E-state index is -1.44. The number of aryl methyl sites for hydroxylation is 2. The van der Waals surface area contributed by atoms with Gasteiger partial charge in [-0.15, -0.1) is 0 Å². The van der Waals surface area contributed by atoms with Crippen molar-refractivity contribution in [2.75, 3.05) is 0 Å². The quantitative estimate of drug-likeness (QED) is 0.337. The standard InChI is InChI=1S/C27H26N2O7/c1-13-23(9-7-18-17-4-3-5-19(17)27(34)36-24(13)18)35-14(2)25(31)29-22(26(32)33)10-15-12-28-21-8-6-16(30)11-20(15)21/h6-9,11-12,14,22,28,30H,3-5,10H2,1-2H3,(H,29,31)(H,32,33)/p-1/t14-,22+/m0/s1. The molecule has 1 aliphatic carbocycles. The lowest BCUT2D eigenvalue weighted by Gasteiger charge is -2.23. The van der Waals surface area contributed by atoms with Gasteiger partial charge in [0, 0.05) is 40.0 Å². The summed E-state index contributed by atoms with van der Waals surface area (Å²) in [6, 6.07) is 6.96. The maximum atomic E-state index is 12.8. The van der Waals surface area contributed by atoms with E-state index in [4.69, 9.17) is 9.15 Å². The molecule has 186 valence electrons. The molecule has 0 saturated carbocycles. The summed E-state index contributed by atoms with van der Waals surface area (Å²) in [5, 5.41) is 25.6. The first-order chi connectivity index (χ1) is 17.2. The number of amides is 1. The van der Waals surface area contributed by atoms with Crippen molar-refractivity contribution in [3.63, 3.8) is 0 Å². The number of hydrogen-bond donors (Lipinski definition) is 3. The largest absolute Gasteiger partial charge is 0.548 e. The Labute approximate surface area is 205 Å².